The molecule has 0 aliphatic rings. The molecule has 4 nitrogen and oxygen atoms in total. The fourth-order valence-electron chi connectivity index (χ4n) is 1.52. The molecule has 0 rings (SSSR count). The third kappa shape index (κ3) is 20.4. The van der Waals surface area contributed by atoms with Gasteiger partial charge in [0.25, 0.3) is 0 Å². The van der Waals surface area contributed by atoms with Crippen molar-refractivity contribution in [3.8, 4) is 0 Å². The molecule has 0 aromatic rings. The molecule has 0 spiro atoms. The van der Waals surface area contributed by atoms with Crippen LogP contribution in [-0.2, 0) is 18.5 Å². The second-order valence-corrected chi connectivity index (χ2v) is 7.43. The molecule has 0 unspecified atom stereocenters. The van der Waals surface area contributed by atoms with Crippen LogP contribution in [0.25, 0.3) is 0 Å². The fraction of sp³-hybridized carbons (Fsp3) is 0.857. The summed E-state index contributed by atoms with van der Waals surface area (Å²) < 4.78 is 9.08. The van der Waals surface area contributed by atoms with Crippen LogP contribution >= 0.6 is 12.9 Å². The van der Waals surface area contributed by atoms with E-state index in [1.54, 1.807) is 0 Å². The summed E-state index contributed by atoms with van der Waals surface area (Å²) in [4.78, 5) is 26.3. The Morgan fingerprint density at radius 1 is 0.900 bits per heavy atom. The second kappa shape index (κ2) is 19.1. The Balaban J connectivity index is 0. The van der Waals surface area contributed by atoms with Gasteiger partial charge in [0.2, 0.25) is 0 Å². The van der Waals surface area contributed by atoms with Gasteiger partial charge in [-0.1, -0.05) is 25.7 Å². The molecule has 6 heteroatoms. The van der Waals surface area contributed by atoms with E-state index < -0.39 is 0 Å². The maximum absolute atomic E-state index is 11.0. The average Bonchev–Trinajstić information content (AvgIpc) is 2.42. The monoisotopic (exact) mass is 412 g/mol. The van der Waals surface area contributed by atoms with Crippen LogP contribution in [0, 0.1) is 0 Å². The van der Waals surface area contributed by atoms with Gasteiger partial charge in [-0.2, -0.15) is 0 Å². The number of rotatable bonds is 10. The van der Waals surface area contributed by atoms with Gasteiger partial charge >= 0.3 is 43.0 Å². The van der Waals surface area contributed by atoms with Crippen molar-refractivity contribution >= 4 is 46.0 Å². The normalized spacial score (nSPS) is 9.40. The summed E-state index contributed by atoms with van der Waals surface area (Å²) in [6.07, 6.45) is 6.91. The van der Waals surface area contributed by atoms with E-state index in [0.717, 1.165) is 38.5 Å². The van der Waals surface area contributed by atoms with Gasteiger partial charge in [0, 0.05) is 25.8 Å². The first-order valence-electron chi connectivity index (χ1n) is 7.20. The van der Waals surface area contributed by atoms with E-state index in [-0.39, 0.29) is 33.1 Å². The number of hydrogen-bond donors (Lipinski definition) is 1. The molecule has 0 fully saturated rings. The number of carbonyl (C=O) groups is 2. The van der Waals surface area contributed by atoms with Crippen molar-refractivity contribution in [1.82, 2.24) is 0 Å². The molecule has 20 heavy (non-hydrogen) atoms. The number of thiol groups is 1. The average molecular weight is 411 g/mol. The number of carbonyl (C=O) groups excluding carboxylic acids is 2. The maximum atomic E-state index is 11.0. The molecule has 0 aliphatic heterocycles. The van der Waals surface area contributed by atoms with Crippen LogP contribution < -0.4 is 0 Å². The minimum absolute atomic E-state index is 0.107. The SMILES string of the molecule is CCOC(=O)CCCCCCCCC(=O)OS.[CH3][Sn][CH3]. The van der Waals surface area contributed by atoms with Gasteiger partial charge in [0.15, 0.2) is 0 Å². The number of ether oxygens (including phenoxy) is 1. The van der Waals surface area contributed by atoms with Crippen LogP contribution in [-0.4, -0.2) is 39.7 Å². The van der Waals surface area contributed by atoms with Crippen LogP contribution in [0.15, 0.2) is 0 Å². The molecular formula is C14H28O4SSn. The van der Waals surface area contributed by atoms with Gasteiger partial charge in [0.05, 0.1) is 6.61 Å². The van der Waals surface area contributed by atoms with Gasteiger partial charge in [-0.15, -0.1) is 0 Å². The molecule has 0 saturated heterocycles. The summed E-state index contributed by atoms with van der Waals surface area (Å²) in [7, 11) is 0. The summed E-state index contributed by atoms with van der Waals surface area (Å²) in [6.45, 7) is 2.27. The Hall–Kier alpha value is 0.0887. The number of esters is 1. The first kappa shape index (κ1) is 22.4. The number of hydrogen-bond acceptors (Lipinski definition) is 5. The van der Waals surface area contributed by atoms with Crippen LogP contribution in [0.4, 0.5) is 0 Å². The summed E-state index contributed by atoms with van der Waals surface area (Å²) >= 11 is 3.66. The van der Waals surface area contributed by atoms with Crippen molar-refractivity contribution in [3.05, 3.63) is 0 Å². The summed E-state index contributed by atoms with van der Waals surface area (Å²) in [6, 6.07) is 0. The minimum atomic E-state index is -0.268. The molecule has 0 aliphatic carbocycles. The zero-order valence-corrected chi connectivity index (χ0v) is 16.7. The van der Waals surface area contributed by atoms with E-state index in [9.17, 15) is 9.59 Å². The Morgan fingerprint density at radius 2 is 1.30 bits per heavy atom. The number of unbranched alkanes of at least 4 members (excludes halogenated alkanes) is 5. The zero-order chi connectivity index (χ0) is 15.6. The standard InChI is InChI=1S/C12H22O4S.2CH3.Sn/c1-2-15-11(13)9-7-5-3-4-6-8-10-12(14)16-17;;;/h17H,2-10H2,1H3;2*1H3;. The van der Waals surface area contributed by atoms with E-state index in [1.165, 1.54) is 0 Å². The Kier molecular flexibility index (Phi) is 21.4. The molecule has 0 atom stereocenters. The third-order valence-corrected chi connectivity index (χ3v) is 2.62. The Labute approximate surface area is 139 Å². The molecule has 0 aromatic carbocycles. The molecule has 0 aromatic heterocycles. The van der Waals surface area contributed by atoms with Crippen molar-refractivity contribution in [2.45, 2.75) is 68.2 Å². The predicted octanol–water partition coefficient (Wildman–Crippen LogP) is 3.85. The van der Waals surface area contributed by atoms with Crippen molar-refractivity contribution in [2.75, 3.05) is 6.61 Å². The molecule has 0 saturated carbocycles. The van der Waals surface area contributed by atoms with E-state index in [2.05, 4.69) is 27.0 Å². The van der Waals surface area contributed by atoms with Gasteiger partial charge in [-0.25, -0.2) is 0 Å². The summed E-state index contributed by atoms with van der Waals surface area (Å²) in [5.74, 6) is -0.375. The quantitative estimate of drug-likeness (QED) is 0.195. The molecule has 0 N–H and O–H groups in total. The molecule has 2 radical (unpaired) electrons. The van der Waals surface area contributed by atoms with Crippen molar-refractivity contribution < 1.29 is 18.5 Å². The molecule has 0 heterocycles. The first-order valence-corrected chi connectivity index (χ1v) is 13.3. The first-order chi connectivity index (χ1) is 9.62. The van der Waals surface area contributed by atoms with Gasteiger partial charge in [-0.3, -0.25) is 9.59 Å². The zero-order valence-electron chi connectivity index (χ0n) is 12.9. The van der Waals surface area contributed by atoms with E-state index >= 15 is 0 Å². The van der Waals surface area contributed by atoms with Crippen LogP contribution in [0.5, 0.6) is 0 Å². The van der Waals surface area contributed by atoms with E-state index in [0.29, 0.717) is 19.4 Å². The summed E-state index contributed by atoms with van der Waals surface area (Å²) in [5.41, 5.74) is 0. The molecule has 0 bridgehead atoms. The van der Waals surface area contributed by atoms with Crippen LogP contribution in [0.3, 0.4) is 0 Å². The van der Waals surface area contributed by atoms with Crippen molar-refractivity contribution in [1.29, 1.82) is 0 Å². The van der Waals surface area contributed by atoms with Crippen molar-refractivity contribution in [2.24, 2.45) is 0 Å². The van der Waals surface area contributed by atoms with Gasteiger partial charge in [0.1, 0.15) is 0 Å². The predicted molar refractivity (Wildman–Crippen MR) is 86.1 cm³/mol. The summed E-state index contributed by atoms with van der Waals surface area (Å²) in [5, 5.41) is 0. The topological polar surface area (TPSA) is 52.6 Å². The molecular weight excluding hydrogens is 383 g/mol. The van der Waals surface area contributed by atoms with E-state index in [1.807, 2.05) is 6.92 Å². The van der Waals surface area contributed by atoms with Gasteiger partial charge in [-0.05, 0) is 19.8 Å². The Bertz CT molecular complexity index is 237. The van der Waals surface area contributed by atoms with Crippen molar-refractivity contribution in [3.63, 3.8) is 0 Å². The third-order valence-electron chi connectivity index (χ3n) is 2.42. The molecule has 0 amide bonds. The van der Waals surface area contributed by atoms with Crippen LogP contribution in [0.2, 0.25) is 9.88 Å². The second-order valence-electron chi connectivity index (χ2n) is 4.39. The van der Waals surface area contributed by atoms with Gasteiger partial charge < -0.3 is 8.92 Å². The fourth-order valence-corrected chi connectivity index (χ4v) is 1.62. The van der Waals surface area contributed by atoms with E-state index in [4.69, 9.17) is 4.74 Å². The van der Waals surface area contributed by atoms with Crippen LogP contribution in [0.1, 0.15) is 58.3 Å². The Morgan fingerprint density at radius 3 is 1.70 bits per heavy atom. The molecule has 118 valence electrons.